The molecule has 2 aliphatic heterocycles. The van der Waals surface area contributed by atoms with E-state index in [9.17, 15) is 35.4 Å². The lowest BCUT2D eigenvalue weighted by atomic mass is 9.99. The van der Waals surface area contributed by atoms with E-state index in [-0.39, 0.29) is 0 Å². The maximum atomic E-state index is 10.9. The zero-order valence-electron chi connectivity index (χ0n) is 12.4. The molecule has 0 bridgehead atoms. The van der Waals surface area contributed by atoms with Gasteiger partial charge >= 0.3 is 5.97 Å². The predicted octanol–water partition coefficient (Wildman–Crippen LogP) is -4.35. The highest BCUT2D eigenvalue weighted by atomic mass is 17.3. The fourth-order valence-electron chi connectivity index (χ4n) is 2.33. The molecule has 7 N–H and O–H groups in total. The van der Waals surface area contributed by atoms with E-state index < -0.39 is 67.4 Å². The first-order valence-corrected chi connectivity index (χ1v) is 7.09. The van der Waals surface area contributed by atoms with Gasteiger partial charge in [-0.2, -0.15) is 9.78 Å². The largest absolute Gasteiger partial charge is 0.479 e. The first-order valence-electron chi connectivity index (χ1n) is 7.09. The lowest BCUT2D eigenvalue weighted by Gasteiger charge is -2.40. The molecule has 0 spiro atoms. The van der Waals surface area contributed by atoms with E-state index in [2.05, 4.69) is 4.89 Å². The van der Waals surface area contributed by atoms with Crippen LogP contribution in [0.25, 0.3) is 0 Å². The van der Waals surface area contributed by atoms with Crippen LogP contribution in [0.2, 0.25) is 0 Å². The Kier molecular flexibility index (Phi) is 6.09. The van der Waals surface area contributed by atoms with Gasteiger partial charge in [-0.3, -0.25) is 0 Å². The molecule has 10 atom stereocenters. The molecule has 24 heavy (non-hydrogen) atoms. The molecule has 12 heteroatoms. The highest BCUT2D eigenvalue weighted by Crippen LogP contribution is 2.26. The highest BCUT2D eigenvalue weighted by Gasteiger charge is 2.49. The molecule has 2 aliphatic rings. The van der Waals surface area contributed by atoms with Crippen molar-refractivity contribution in [3.63, 3.8) is 0 Å². The Morgan fingerprint density at radius 2 is 1.21 bits per heavy atom. The van der Waals surface area contributed by atoms with Crippen LogP contribution < -0.4 is 0 Å². The molecule has 0 unspecified atom stereocenters. The third-order valence-corrected chi connectivity index (χ3v) is 3.87. The topological polar surface area (TPSA) is 196 Å². The first-order chi connectivity index (χ1) is 11.1. The Bertz CT molecular complexity index is 446. The maximum Gasteiger partial charge on any atom is 0.335 e. The summed E-state index contributed by atoms with van der Waals surface area (Å²) in [7, 11) is 0. The number of carbonyl (C=O) groups is 1. The van der Waals surface area contributed by atoms with Crippen molar-refractivity contribution < 1.29 is 59.8 Å². The minimum absolute atomic E-state index is 0.923. The summed E-state index contributed by atoms with van der Waals surface area (Å²) in [5.74, 6) is -1.61. The summed E-state index contributed by atoms with van der Waals surface area (Å²) in [5, 5.41) is 66.6. The number of carboxylic acid groups (broad SMARTS) is 1. The quantitative estimate of drug-likeness (QED) is 0.189. The van der Waals surface area contributed by atoms with Crippen molar-refractivity contribution in [3.8, 4) is 0 Å². The molecule has 2 saturated heterocycles. The second-order valence-corrected chi connectivity index (χ2v) is 5.61. The minimum atomic E-state index is -1.90. The molecule has 0 aromatic rings. The maximum absolute atomic E-state index is 10.9. The van der Waals surface area contributed by atoms with E-state index in [0.29, 0.717) is 0 Å². The molecule has 140 valence electrons. The Labute approximate surface area is 135 Å². The number of aliphatic hydroxyl groups excluding tert-OH is 6. The molecule has 0 aromatic heterocycles. The number of carboxylic acids is 1. The summed E-state index contributed by atoms with van der Waals surface area (Å²) < 4.78 is 9.85. The third-order valence-electron chi connectivity index (χ3n) is 3.87. The third kappa shape index (κ3) is 3.67. The molecule has 0 aromatic carbocycles. The van der Waals surface area contributed by atoms with Gasteiger partial charge in [-0.25, -0.2) is 4.79 Å². The number of aliphatic hydroxyl groups is 6. The fraction of sp³-hybridized carbons (Fsp3) is 0.917. The summed E-state index contributed by atoms with van der Waals surface area (Å²) in [6.07, 6.45) is -16.5. The Morgan fingerprint density at radius 3 is 1.71 bits per heavy atom. The van der Waals surface area contributed by atoms with Crippen LogP contribution in [0, 0.1) is 0 Å². The van der Waals surface area contributed by atoms with Crippen LogP contribution in [0.1, 0.15) is 6.92 Å². The number of hydrogen-bond donors (Lipinski definition) is 7. The highest BCUT2D eigenvalue weighted by molar-refractivity contribution is 5.73. The van der Waals surface area contributed by atoms with E-state index in [1.807, 2.05) is 0 Å². The molecule has 0 amide bonds. The summed E-state index contributed by atoms with van der Waals surface area (Å²) in [6.45, 7) is 1.39. The summed E-state index contributed by atoms with van der Waals surface area (Å²) in [5.41, 5.74) is 0. The molecule has 0 aliphatic carbocycles. The Morgan fingerprint density at radius 1 is 0.750 bits per heavy atom. The molecule has 12 nitrogen and oxygen atoms in total. The van der Waals surface area contributed by atoms with Crippen LogP contribution in [-0.4, -0.2) is 103 Å². The predicted molar refractivity (Wildman–Crippen MR) is 68.8 cm³/mol. The molecule has 0 radical (unpaired) electrons. The smallest absolute Gasteiger partial charge is 0.335 e. The van der Waals surface area contributed by atoms with Crippen LogP contribution in [-0.2, 0) is 24.0 Å². The van der Waals surface area contributed by atoms with Crippen molar-refractivity contribution in [2.45, 2.75) is 68.3 Å². The van der Waals surface area contributed by atoms with Crippen molar-refractivity contribution in [2.24, 2.45) is 0 Å². The number of hydrogen-bond acceptors (Lipinski definition) is 11. The zero-order chi connectivity index (χ0) is 18.2. The van der Waals surface area contributed by atoms with Crippen LogP contribution >= 0.6 is 0 Å². The Hall–Kier alpha value is -0.930. The fourth-order valence-corrected chi connectivity index (χ4v) is 2.33. The lowest BCUT2D eigenvalue weighted by Crippen LogP contribution is -2.61. The minimum Gasteiger partial charge on any atom is -0.479 e. The SMILES string of the molecule is C[C@H]1O[C@@H](OO[C@@H]2O[C@H](C(=O)O)[C@@H](O)[C@H](O)[C@H]2O)[C@H](O)[C@@H](O)[C@@H]1O. The van der Waals surface area contributed by atoms with Crippen LogP contribution in [0.4, 0.5) is 0 Å². The van der Waals surface area contributed by atoms with Crippen molar-refractivity contribution in [2.75, 3.05) is 0 Å². The molecule has 2 fully saturated rings. The van der Waals surface area contributed by atoms with Gasteiger partial charge in [-0.05, 0) is 6.92 Å². The van der Waals surface area contributed by atoms with Crippen molar-refractivity contribution in [3.05, 3.63) is 0 Å². The zero-order valence-corrected chi connectivity index (χ0v) is 12.4. The standard InChI is InChI=1S/C12H20O12/c1-2-3(13)4(14)7(17)11(21-2)23-24-12-8(18)5(15)6(16)9(22-12)10(19)20/h2-9,11-18H,1H3,(H,19,20)/t2-,3-,4+,5+,6+,7-,8-,9+,11+,12+/m1/s1. The number of rotatable bonds is 4. The molecule has 2 heterocycles. The average molecular weight is 356 g/mol. The van der Waals surface area contributed by atoms with Gasteiger partial charge in [0, 0.05) is 0 Å². The van der Waals surface area contributed by atoms with E-state index in [1.165, 1.54) is 6.92 Å². The lowest BCUT2D eigenvalue weighted by molar-refractivity contribution is -0.483. The second-order valence-electron chi connectivity index (χ2n) is 5.61. The number of ether oxygens (including phenoxy) is 2. The molecular weight excluding hydrogens is 336 g/mol. The van der Waals surface area contributed by atoms with Gasteiger partial charge in [-0.15, -0.1) is 0 Å². The van der Waals surface area contributed by atoms with E-state index in [1.54, 1.807) is 0 Å². The second kappa shape index (κ2) is 7.53. The normalized spacial score (nSPS) is 49.8. The monoisotopic (exact) mass is 356 g/mol. The molecule has 2 rings (SSSR count). The first kappa shape index (κ1) is 19.4. The van der Waals surface area contributed by atoms with Crippen LogP contribution in [0.3, 0.4) is 0 Å². The van der Waals surface area contributed by atoms with Gasteiger partial charge in [0.25, 0.3) is 0 Å². The molecular formula is C12H20O12. The summed E-state index contributed by atoms with van der Waals surface area (Å²) in [6, 6.07) is 0. The number of aliphatic carboxylic acids is 1. The van der Waals surface area contributed by atoms with E-state index >= 15 is 0 Å². The van der Waals surface area contributed by atoms with Crippen molar-refractivity contribution in [1.29, 1.82) is 0 Å². The molecule has 0 saturated carbocycles. The van der Waals surface area contributed by atoms with Gasteiger partial charge in [-0.1, -0.05) is 0 Å². The summed E-state index contributed by atoms with van der Waals surface area (Å²) in [4.78, 5) is 20.3. The van der Waals surface area contributed by atoms with Crippen LogP contribution in [0.5, 0.6) is 0 Å². The Balaban J connectivity index is 1.98. The van der Waals surface area contributed by atoms with Gasteiger partial charge in [0.1, 0.15) is 36.6 Å². The van der Waals surface area contributed by atoms with Gasteiger partial charge in [0.05, 0.1) is 6.10 Å². The van der Waals surface area contributed by atoms with Crippen molar-refractivity contribution >= 4 is 5.97 Å². The van der Waals surface area contributed by atoms with E-state index in [0.717, 1.165) is 0 Å². The van der Waals surface area contributed by atoms with Crippen LogP contribution in [0.15, 0.2) is 0 Å². The summed E-state index contributed by atoms with van der Waals surface area (Å²) >= 11 is 0. The van der Waals surface area contributed by atoms with Gasteiger partial charge in [0.2, 0.25) is 12.6 Å². The average Bonchev–Trinajstić information content (AvgIpc) is 2.54. The van der Waals surface area contributed by atoms with Crippen molar-refractivity contribution in [1.82, 2.24) is 0 Å². The van der Waals surface area contributed by atoms with Gasteiger partial charge < -0.3 is 45.2 Å². The van der Waals surface area contributed by atoms with Gasteiger partial charge in [0.15, 0.2) is 6.10 Å². The van der Waals surface area contributed by atoms with E-state index in [4.69, 9.17) is 19.5 Å².